The predicted octanol–water partition coefficient (Wildman–Crippen LogP) is 2.35. The molecule has 0 saturated heterocycles. The summed E-state index contributed by atoms with van der Waals surface area (Å²) in [5, 5.41) is 6.38. The number of aromatic nitrogens is 2. The molecule has 5 heteroatoms. The van der Waals surface area contributed by atoms with Gasteiger partial charge in [0.15, 0.2) is 0 Å². The average molecular weight is 234 g/mol. The maximum Gasteiger partial charge on any atom is 0.129 e. The summed E-state index contributed by atoms with van der Waals surface area (Å²) in [5.41, 5.74) is 8.41. The Bertz CT molecular complexity index is 492. The number of pyridine rings is 1. The van der Waals surface area contributed by atoms with E-state index >= 15 is 0 Å². The standard InChI is InChI=1S/C11H14N4S/c1-7-3-9(12)4-13-11(7)14-5-10-6-16-8(2)15-10/h3-4,6H,5,12H2,1-2H3,(H,13,14). The first kappa shape index (κ1) is 10.9. The molecule has 16 heavy (non-hydrogen) atoms. The highest BCUT2D eigenvalue weighted by molar-refractivity contribution is 7.09. The SMILES string of the molecule is Cc1nc(CNc2ncc(N)cc2C)cs1. The van der Waals surface area contributed by atoms with Crippen LogP contribution in [-0.4, -0.2) is 9.97 Å². The zero-order valence-electron chi connectivity index (χ0n) is 9.32. The Kier molecular flexibility index (Phi) is 3.05. The van der Waals surface area contributed by atoms with Crippen LogP contribution >= 0.6 is 11.3 Å². The van der Waals surface area contributed by atoms with Crippen molar-refractivity contribution in [2.45, 2.75) is 20.4 Å². The quantitative estimate of drug-likeness (QED) is 0.855. The Balaban J connectivity index is 2.04. The van der Waals surface area contributed by atoms with Crippen LogP contribution in [0.15, 0.2) is 17.6 Å². The zero-order chi connectivity index (χ0) is 11.5. The molecule has 4 nitrogen and oxygen atoms in total. The lowest BCUT2D eigenvalue weighted by Gasteiger charge is -2.07. The second-order valence-corrected chi connectivity index (χ2v) is 4.71. The molecule has 84 valence electrons. The monoisotopic (exact) mass is 234 g/mol. The van der Waals surface area contributed by atoms with Gasteiger partial charge in [0, 0.05) is 5.38 Å². The molecule has 0 saturated carbocycles. The van der Waals surface area contributed by atoms with Crippen LogP contribution in [0.5, 0.6) is 0 Å². The van der Waals surface area contributed by atoms with Gasteiger partial charge < -0.3 is 11.1 Å². The third-order valence-corrected chi connectivity index (χ3v) is 3.03. The molecule has 0 amide bonds. The summed E-state index contributed by atoms with van der Waals surface area (Å²) in [6.45, 7) is 4.68. The third kappa shape index (κ3) is 2.49. The number of anilines is 2. The average Bonchev–Trinajstić information content (AvgIpc) is 2.63. The number of thiazole rings is 1. The highest BCUT2D eigenvalue weighted by atomic mass is 32.1. The van der Waals surface area contributed by atoms with E-state index in [2.05, 4.69) is 20.7 Å². The van der Waals surface area contributed by atoms with Gasteiger partial charge in [0.25, 0.3) is 0 Å². The molecule has 3 N–H and O–H groups in total. The van der Waals surface area contributed by atoms with Crippen molar-refractivity contribution >= 4 is 22.8 Å². The van der Waals surface area contributed by atoms with E-state index < -0.39 is 0 Å². The summed E-state index contributed by atoms with van der Waals surface area (Å²) < 4.78 is 0. The topological polar surface area (TPSA) is 63.8 Å². The van der Waals surface area contributed by atoms with Crippen molar-refractivity contribution in [3.63, 3.8) is 0 Å². The van der Waals surface area contributed by atoms with Gasteiger partial charge in [0.2, 0.25) is 0 Å². The highest BCUT2D eigenvalue weighted by Gasteiger charge is 2.02. The van der Waals surface area contributed by atoms with E-state index in [1.807, 2.05) is 19.9 Å². The number of nitrogens with one attached hydrogen (secondary N) is 1. The van der Waals surface area contributed by atoms with E-state index in [0.29, 0.717) is 12.2 Å². The minimum Gasteiger partial charge on any atom is -0.397 e. The van der Waals surface area contributed by atoms with Crippen molar-refractivity contribution in [2.75, 3.05) is 11.1 Å². The first-order chi connectivity index (χ1) is 7.65. The summed E-state index contributed by atoms with van der Waals surface area (Å²) >= 11 is 1.65. The molecular weight excluding hydrogens is 220 g/mol. The van der Waals surface area contributed by atoms with Crippen LogP contribution in [0.1, 0.15) is 16.3 Å². The Morgan fingerprint density at radius 2 is 2.25 bits per heavy atom. The van der Waals surface area contributed by atoms with Gasteiger partial charge in [-0.3, -0.25) is 0 Å². The number of aryl methyl sites for hydroxylation is 2. The molecular formula is C11H14N4S. The van der Waals surface area contributed by atoms with Crippen LogP contribution in [0.2, 0.25) is 0 Å². The highest BCUT2D eigenvalue weighted by Crippen LogP contribution is 2.15. The molecule has 0 aliphatic rings. The van der Waals surface area contributed by atoms with Gasteiger partial charge in [-0.25, -0.2) is 9.97 Å². The number of nitrogens with zero attached hydrogens (tertiary/aromatic N) is 2. The number of hydrogen-bond acceptors (Lipinski definition) is 5. The normalized spacial score (nSPS) is 10.4. The first-order valence-electron chi connectivity index (χ1n) is 5.02. The van der Waals surface area contributed by atoms with Crippen molar-refractivity contribution < 1.29 is 0 Å². The fourth-order valence-corrected chi connectivity index (χ4v) is 2.06. The van der Waals surface area contributed by atoms with Crippen molar-refractivity contribution in [3.8, 4) is 0 Å². The van der Waals surface area contributed by atoms with Gasteiger partial charge in [-0.05, 0) is 25.5 Å². The van der Waals surface area contributed by atoms with E-state index in [1.165, 1.54) is 0 Å². The maximum absolute atomic E-state index is 5.64. The van der Waals surface area contributed by atoms with Crippen LogP contribution in [0, 0.1) is 13.8 Å². The fraction of sp³-hybridized carbons (Fsp3) is 0.273. The summed E-state index contributed by atoms with van der Waals surface area (Å²) in [6.07, 6.45) is 1.65. The smallest absolute Gasteiger partial charge is 0.129 e. The van der Waals surface area contributed by atoms with Gasteiger partial charge >= 0.3 is 0 Å². The number of nitrogens with two attached hydrogens (primary N) is 1. The molecule has 0 unspecified atom stereocenters. The van der Waals surface area contributed by atoms with E-state index in [-0.39, 0.29) is 0 Å². The number of hydrogen-bond donors (Lipinski definition) is 2. The summed E-state index contributed by atoms with van der Waals surface area (Å²) in [5.74, 6) is 0.861. The summed E-state index contributed by atoms with van der Waals surface area (Å²) in [4.78, 5) is 8.62. The molecule has 0 fully saturated rings. The lowest BCUT2D eigenvalue weighted by atomic mass is 10.2. The molecule has 0 aliphatic carbocycles. The number of nitrogen functional groups attached to an aromatic ring is 1. The van der Waals surface area contributed by atoms with Crippen LogP contribution < -0.4 is 11.1 Å². The maximum atomic E-state index is 5.64. The molecule has 2 aromatic heterocycles. The van der Waals surface area contributed by atoms with Gasteiger partial charge in [-0.1, -0.05) is 0 Å². The Labute approximate surface area is 98.6 Å². The molecule has 0 bridgehead atoms. The third-order valence-electron chi connectivity index (χ3n) is 2.20. The van der Waals surface area contributed by atoms with E-state index in [0.717, 1.165) is 22.1 Å². The van der Waals surface area contributed by atoms with E-state index in [1.54, 1.807) is 17.5 Å². The molecule has 0 atom stereocenters. The van der Waals surface area contributed by atoms with Gasteiger partial charge in [-0.15, -0.1) is 11.3 Å². The molecule has 2 aromatic rings. The molecule has 0 aliphatic heterocycles. The fourth-order valence-electron chi connectivity index (χ4n) is 1.45. The van der Waals surface area contributed by atoms with Gasteiger partial charge in [0.05, 0.1) is 29.1 Å². The van der Waals surface area contributed by atoms with Crippen LogP contribution in [0.3, 0.4) is 0 Å². The predicted molar refractivity (Wildman–Crippen MR) is 67.6 cm³/mol. The lowest BCUT2D eigenvalue weighted by molar-refractivity contribution is 1.03. The molecule has 2 rings (SSSR count). The molecule has 0 aromatic carbocycles. The lowest BCUT2D eigenvalue weighted by Crippen LogP contribution is -2.04. The Morgan fingerprint density at radius 3 is 2.88 bits per heavy atom. The molecule has 0 spiro atoms. The summed E-state index contributed by atoms with van der Waals surface area (Å²) in [6, 6.07) is 1.90. The van der Waals surface area contributed by atoms with Crippen molar-refractivity contribution in [2.24, 2.45) is 0 Å². The van der Waals surface area contributed by atoms with Gasteiger partial charge in [-0.2, -0.15) is 0 Å². The van der Waals surface area contributed by atoms with E-state index in [4.69, 9.17) is 5.73 Å². The van der Waals surface area contributed by atoms with E-state index in [9.17, 15) is 0 Å². The van der Waals surface area contributed by atoms with Crippen LogP contribution in [0.4, 0.5) is 11.5 Å². The van der Waals surface area contributed by atoms with Crippen molar-refractivity contribution in [3.05, 3.63) is 33.9 Å². The van der Waals surface area contributed by atoms with Crippen molar-refractivity contribution in [1.29, 1.82) is 0 Å². The number of rotatable bonds is 3. The first-order valence-corrected chi connectivity index (χ1v) is 5.90. The van der Waals surface area contributed by atoms with Gasteiger partial charge in [0.1, 0.15) is 5.82 Å². The Hall–Kier alpha value is -1.62. The zero-order valence-corrected chi connectivity index (χ0v) is 10.1. The largest absolute Gasteiger partial charge is 0.397 e. The minimum atomic E-state index is 0.688. The van der Waals surface area contributed by atoms with Crippen LogP contribution in [0.25, 0.3) is 0 Å². The summed E-state index contributed by atoms with van der Waals surface area (Å²) in [7, 11) is 0. The Morgan fingerprint density at radius 1 is 1.44 bits per heavy atom. The second-order valence-electron chi connectivity index (χ2n) is 3.65. The van der Waals surface area contributed by atoms with Crippen LogP contribution in [-0.2, 0) is 6.54 Å². The minimum absolute atomic E-state index is 0.688. The van der Waals surface area contributed by atoms with Crippen molar-refractivity contribution in [1.82, 2.24) is 9.97 Å². The second kappa shape index (κ2) is 4.49. The molecule has 2 heterocycles. The molecule has 0 radical (unpaired) electrons.